The summed E-state index contributed by atoms with van der Waals surface area (Å²) in [7, 11) is 0. The molecule has 0 bridgehead atoms. The fourth-order valence-corrected chi connectivity index (χ4v) is 3.58. The van der Waals surface area contributed by atoms with Crippen LogP contribution in [0.25, 0.3) is 10.9 Å². The third-order valence-corrected chi connectivity index (χ3v) is 5.26. The number of nitrogens with zero attached hydrogens (tertiary/aromatic N) is 2. The Bertz CT molecular complexity index is 1120. The standard InChI is InChI=1S/C23H27N7O/c1-15(28-29-16(2)24)17-3-8-21-18(13-17)14-22(27-21)23(31)26-19-4-6-20(7-5-19)30-11-9-25-10-12-30/h3-8,13-14,25,27,29H,2,9-12,24H2,1H3,(H,26,31)/b28-15-. The van der Waals surface area contributed by atoms with Crippen molar-refractivity contribution in [3.05, 3.63) is 72.2 Å². The molecule has 1 saturated heterocycles. The Hall–Kier alpha value is -3.78. The summed E-state index contributed by atoms with van der Waals surface area (Å²) in [5.41, 5.74) is 13.2. The van der Waals surface area contributed by atoms with Gasteiger partial charge in [0.2, 0.25) is 0 Å². The van der Waals surface area contributed by atoms with Crippen molar-refractivity contribution >= 4 is 33.9 Å². The highest BCUT2D eigenvalue weighted by molar-refractivity contribution is 6.07. The number of fused-ring (bicyclic) bond motifs is 1. The van der Waals surface area contributed by atoms with Gasteiger partial charge in [-0.2, -0.15) is 5.10 Å². The average Bonchev–Trinajstić information content (AvgIpc) is 3.22. The van der Waals surface area contributed by atoms with E-state index in [0.717, 1.165) is 54.0 Å². The Kier molecular flexibility index (Phi) is 5.90. The van der Waals surface area contributed by atoms with Crippen LogP contribution in [0.3, 0.4) is 0 Å². The Morgan fingerprint density at radius 2 is 1.87 bits per heavy atom. The Morgan fingerprint density at radius 1 is 1.13 bits per heavy atom. The van der Waals surface area contributed by atoms with E-state index in [0.29, 0.717) is 5.69 Å². The Labute approximate surface area is 181 Å². The summed E-state index contributed by atoms with van der Waals surface area (Å²) in [6, 6.07) is 15.7. The van der Waals surface area contributed by atoms with Crippen molar-refractivity contribution in [3.63, 3.8) is 0 Å². The third-order valence-electron chi connectivity index (χ3n) is 5.26. The minimum absolute atomic E-state index is 0.181. The Balaban J connectivity index is 1.46. The topological polar surface area (TPSA) is 111 Å². The van der Waals surface area contributed by atoms with Crippen molar-refractivity contribution in [2.75, 3.05) is 36.4 Å². The number of aromatic nitrogens is 1. The lowest BCUT2D eigenvalue weighted by atomic mass is 10.1. The molecule has 8 nitrogen and oxygen atoms in total. The van der Waals surface area contributed by atoms with Gasteiger partial charge in [0.1, 0.15) is 11.5 Å². The summed E-state index contributed by atoms with van der Waals surface area (Å²) in [4.78, 5) is 18.3. The predicted octanol–water partition coefficient (Wildman–Crippen LogP) is 2.57. The van der Waals surface area contributed by atoms with E-state index in [4.69, 9.17) is 5.73 Å². The van der Waals surface area contributed by atoms with E-state index in [2.05, 4.69) is 37.6 Å². The highest BCUT2D eigenvalue weighted by Gasteiger charge is 2.13. The number of hydrogen-bond donors (Lipinski definition) is 5. The SMILES string of the molecule is C=C(N)N/N=C(/C)c1ccc2[nH]c(C(=O)Nc3ccc(N4CCNCC4)cc3)cc2c1. The van der Waals surface area contributed by atoms with Crippen LogP contribution < -0.4 is 26.7 Å². The number of anilines is 2. The summed E-state index contributed by atoms with van der Waals surface area (Å²) in [6.07, 6.45) is 0. The first kappa shape index (κ1) is 20.5. The van der Waals surface area contributed by atoms with Crippen LogP contribution in [0.2, 0.25) is 0 Å². The van der Waals surface area contributed by atoms with Crippen molar-refractivity contribution in [2.45, 2.75) is 6.92 Å². The van der Waals surface area contributed by atoms with Crippen molar-refractivity contribution in [3.8, 4) is 0 Å². The second-order valence-corrected chi connectivity index (χ2v) is 7.56. The normalized spacial score (nSPS) is 14.5. The summed E-state index contributed by atoms with van der Waals surface area (Å²) in [5.74, 6) is 0.0983. The maximum Gasteiger partial charge on any atom is 0.272 e. The lowest BCUT2D eigenvalue weighted by Crippen LogP contribution is -2.43. The molecule has 0 spiro atoms. The fourth-order valence-electron chi connectivity index (χ4n) is 3.58. The van der Waals surface area contributed by atoms with Gasteiger partial charge < -0.3 is 26.3 Å². The maximum atomic E-state index is 12.7. The van der Waals surface area contributed by atoms with E-state index in [-0.39, 0.29) is 11.7 Å². The lowest BCUT2D eigenvalue weighted by molar-refractivity contribution is 0.102. The molecule has 2 aromatic carbocycles. The van der Waals surface area contributed by atoms with E-state index < -0.39 is 0 Å². The first-order valence-electron chi connectivity index (χ1n) is 10.2. The van der Waals surface area contributed by atoms with Crippen LogP contribution in [0.15, 0.2) is 66.0 Å². The molecule has 1 fully saturated rings. The number of amides is 1. The van der Waals surface area contributed by atoms with Crippen molar-refractivity contribution < 1.29 is 4.79 Å². The number of hydrazone groups is 1. The lowest BCUT2D eigenvalue weighted by Gasteiger charge is -2.29. The van der Waals surface area contributed by atoms with Gasteiger partial charge in [-0.15, -0.1) is 0 Å². The number of nitrogens with two attached hydrogens (primary N) is 1. The average molecular weight is 418 g/mol. The van der Waals surface area contributed by atoms with Crippen LogP contribution in [0.5, 0.6) is 0 Å². The highest BCUT2D eigenvalue weighted by Crippen LogP contribution is 2.21. The van der Waals surface area contributed by atoms with Crippen LogP contribution in [-0.4, -0.2) is 42.8 Å². The van der Waals surface area contributed by atoms with E-state index >= 15 is 0 Å². The molecule has 1 aliphatic heterocycles. The van der Waals surface area contributed by atoms with E-state index in [1.54, 1.807) is 0 Å². The van der Waals surface area contributed by atoms with E-state index in [9.17, 15) is 4.79 Å². The number of carbonyl (C=O) groups excluding carboxylic acids is 1. The van der Waals surface area contributed by atoms with Crippen LogP contribution >= 0.6 is 0 Å². The second-order valence-electron chi connectivity index (χ2n) is 7.56. The van der Waals surface area contributed by atoms with Gasteiger partial charge in [-0.05, 0) is 55.0 Å². The molecule has 160 valence electrons. The van der Waals surface area contributed by atoms with Gasteiger partial charge in [0, 0.05) is 48.5 Å². The molecule has 0 radical (unpaired) electrons. The molecule has 0 atom stereocenters. The van der Waals surface area contributed by atoms with Crippen LogP contribution in [0.4, 0.5) is 11.4 Å². The molecule has 1 amide bonds. The number of hydrogen-bond acceptors (Lipinski definition) is 6. The van der Waals surface area contributed by atoms with Gasteiger partial charge in [-0.25, -0.2) is 0 Å². The Morgan fingerprint density at radius 3 is 2.58 bits per heavy atom. The molecular weight excluding hydrogens is 390 g/mol. The minimum Gasteiger partial charge on any atom is -0.385 e. The van der Waals surface area contributed by atoms with Gasteiger partial charge >= 0.3 is 0 Å². The molecule has 2 heterocycles. The molecule has 0 aliphatic carbocycles. The van der Waals surface area contributed by atoms with Gasteiger partial charge in [-0.1, -0.05) is 12.6 Å². The fraction of sp³-hybridized carbons (Fsp3) is 0.217. The molecule has 0 saturated carbocycles. The van der Waals surface area contributed by atoms with Gasteiger partial charge in [0.05, 0.1) is 5.71 Å². The monoisotopic (exact) mass is 417 g/mol. The summed E-state index contributed by atoms with van der Waals surface area (Å²) in [5, 5.41) is 11.4. The molecule has 1 aromatic heterocycles. The van der Waals surface area contributed by atoms with Gasteiger partial charge in [0.25, 0.3) is 5.91 Å². The molecule has 0 unspecified atom stereocenters. The molecule has 4 rings (SSSR count). The number of carbonyl (C=O) groups is 1. The minimum atomic E-state index is -0.181. The largest absolute Gasteiger partial charge is 0.385 e. The summed E-state index contributed by atoms with van der Waals surface area (Å²) >= 11 is 0. The molecule has 31 heavy (non-hydrogen) atoms. The third kappa shape index (κ3) is 4.87. The van der Waals surface area contributed by atoms with Crippen LogP contribution in [0.1, 0.15) is 23.0 Å². The first-order valence-corrected chi connectivity index (χ1v) is 10.2. The van der Waals surface area contributed by atoms with E-state index in [1.807, 2.05) is 55.5 Å². The maximum absolute atomic E-state index is 12.7. The van der Waals surface area contributed by atoms with Crippen molar-refractivity contribution in [2.24, 2.45) is 10.8 Å². The van der Waals surface area contributed by atoms with Crippen molar-refractivity contribution in [1.29, 1.82) is 0 Å². The van der Waals surface area contributed by atoms with Gasteiger partial charge in [-0.3, -0.25) is 10.2 Å². The second kappa shape index (κ2) is 8.93. The number of rotatable bonds is 6. The molecule has 6 N–H and O–H groups in total. The zero-order valence-electron chi connectivity index (χ0n) is 17.5. The number of benzene rings is 2. The smallest absolute Gasteiger partial charge is 0.272 e. The zero-order valence-corrected chi connectivity index (χ0v) is 17.5. The number of piperazine rings is 1. The number of nitrogens with one attached hydrogen (secondary N) is 4. The van der Waals surface area contributed by atoms with Crippen LogP contribution in [0, 0.1) is 0 Å². The van der Waals surface area contributed by atoms with Crippen molar-refractivity contribution in [1.82, 2.24) is 15.7 Å². The predicted molar refractivity (Wildman–Crippen MR) is 126 cm³/mol. The molecular formula is C23H27N7O. The highest BCUT2D eigenvalue weighted by atomic mass is 16.1. The summed E-state index contributed by atoms with van der Waals surface area (Å²) < 4.78 is 0. The first-order chi connectivity index (χ1) is 15.0. The molecule has 3 aromatic rings. The van der Waals surface area contributed by atoms with E-state index in [1.165, 1.54) is 5.69 Å². The zero-order chi connectivity index (χ0) is 21.8. The molecule has 8 heteroatoms. The van der Waals surface area contributed by atoms with Gasteiger partial charge in [0.15, 0.2) is 0 Å². The molecule has 1 aliphatic rings. The number of aromatic amines is 1. The summed E-state index contributed by atoms with van der Waals surface area (Å²) in [6.45, 7) is 9.40. The number of H-pyrrole nitrogens is 1. The quantitative estimate of drug-likeness (QED) is 0.313. The van der Waals surface area contributed by atoms with Crippen LogP contribution in [-0.2, 0) is 0 Å².